The number of hydrogen-bond acceptors (Lipinski definition) is 6. The van der Waals surface area contributed by atoms with E-state index in [2.05, 4.69) is 10.3 Å². The van der Waals surface area contributed by atoms with E-state index in [1.54, 1.807) is 42.4 Å². The van der Waals surface area contributed by atoms with E-state index in [0.29, 0.717) is 42.8 Å². The quantitative estimate of drug-likeness (QED) is 0.363. The summed E-state index contributed by atoms with van der Waals surface area (Å²) in [6.07, 6.45) is 5.60. The van der Waals surface area contributed by atoms with Crippen molar-refractivity contribution in [2.45, 2.75) is 64.7 Å². The molecule has 1 aromatic carbocycles. The fourth-order valence-corrected chi connectivity index (χ4v) is 4.51. The molecular weight excluding hydrogens is 462 g/mol. The number of pyridine rings is 1. The minimum Gasteiger partial charge on any atom is -0.390 e. The molecule has 0 aliphatic heterocycles. The number of carbonyl (C=O) groups excluding carboxylic acids is 2. The molecule has 8 heteroatoms. The number of nitrogens with one attached hydrogen (secondary N) is 1. The fraction of sp³-hybridized carbons (Fsp3) is 0.519. The third-order valence-electron chi connectivity index (χ3n) is 5.81. The first-order valence-electron chi connectivity index (χ1n) is 12.3. The van der Waals surface area contributed by atoms with E-state index in [1.165, 1.54) is 0 Å². The molecule has 3 atom stereocenters. The highest BCUT2D eigenvalue weighted by Gasteiger charge is 2.28. The zero-order valence-electron chi connectivity index (χ0n) is 21.2. The lowest BCUT2D eigenvalue weighted by Crippen LogP contribution is -2.50. The van der Waals surface area contributed by atoms with Crippen LogP contribution in [0.5, 0.6) is 0 Å². The lowest BCUT2D eigenvalue weighted by molar-refractivity contribution is -0.00406. The zero-order valence-corrected chi connectivity index (χ0v) is 22.1. The van der Waals surface area contributed by atoms with Crippen LogP contribution in [0.4, 0.5) is 0 Å². The highest BCUT2D eigenvalue weighted by atomic mass is 32.2. The topological polar surface area (TPSA) is 103 Å². The number of aliphatic hydroxyl groups excluding tert-OH is 2. The molecule has 2 rings (SSSR count). The van der Waals surface area contributed by atoms with Crippen LogP contribution < -0.4 is 5.32 Å². The number of nitrogens with zero attached hydrogens (tertiary/aromatic N) is 2. The van der Waals surface area contributed by atoms with Crippen LogP contribution in [-0.2, 0) is 6.42 Å². The number of amides is 2. The molecular formula is C27H41N3O4S. The maximum absolute atomic E-state index is 13.3. The van der Waals surface area contributed by atoms with E-state index in [0.717, 1.165) is 24.0 Å². The largest absolute Gasteiger partial charge is 0.390 e. The number of carbonyl (C=O) groups is 2. The molecule has 0 saturated carbocycles. The van der Waals surface area contributed by atoms with Crippen LogP contribution in [0.3, 0.4) is 0 Å². The van der Waals surface area contributed by atoms with Crippen molar-refractivity contribution in [2.24, 2.45) is 0 Å². The van der Waals surface area contributed by atoms with Crippen molar-refractivity contribution in [3.63, 3.8) is 0 Å². The second kappa shape index (κ2) is 14.9. The average Bonchev–Trinajstić information content (AvgIpc) is 2.86. The van der Waals surface area contributed by atoms with Gasteiger partial charge >= 0.3 is 0 Å². The first-order valence-corrected chi connectivity index (χ1v) is 13.7. The minimum atomic E-state index is -1.14. The van der Waals surface area contributed by atoms with Gasteiger partial charge in [0.25, 0.3) is 11.8 Å². The number of aryl methyl sites for hydroxylation is 1. The molecule has 3 N–H and O–H groups in total. The highest BCUT2D eigenvalue weighted by molar-refractivity contribution is 7.98. The molecule has 1 aromatic heterocycles. The van der Waals surface area contributed by atoms with Crippen molar-refractivity contribution in [1.82, 2.24) is 15.2 Å². The third kappa shape index (κ3) is 8.94. The summed E-state index contributed by atoms with van der Waals surface area (Å²) in [5.41, 5.74) is 2.52. The van der Waals surface area contributed by atoms with E-state index in [9.17, 15) is 19.8 Å². The van der Waals surface area contributed by atoms with Gasteiger partial charge in [0.2, 0.25) is 0 Å². The van der Waals surface area contributed by atoms with Gasteiger partial charge in [-0.25, -0.2) is 0 Å². The first-order chi connectivity index (χ1) is 16.8. The Kier molecular flexibility index (Phi) is 12.2. The molecule has 35 heavy (non-hydrogen) atoms. The van der Waals surface area contributed by atoms with Gasteiger partial charge in [0.15, 0.2) is 0 Å². The Balaban J connectivity index is 0.00000648. The monoisotopic (exact) mass is 503 g/mol. The van der Waals surface area contributed by atoms with Crippen LogP contribution in [0.1, 0.15) is 66.4 Å². The van der Waals surface area contributed by atoms with Crippen molar-refractivity contribution in [3.8, 4) is 0 Å². The third-order valence-corrected chi connectivity index (χ3v) is 6.45. The maximum Gasteiger partial charge on any atom is 0.253 e. The summed E-state index contributed by atoms with van der Waals surface area (Å²) in [5, 5.41) is 24.3. The van der Waals surface area contributed by atoms with E-state index in [-0.39, 0.29) is 7.33 Å². The van der Waals surface area contributed by atoms with Gasteiger partial charge in [-0.15, -0.1) is 0 Å². The molecule has 194 valence electrons. The summed E-state index contributed by atoms with van der Waals surface area (Å²) in [6, 6.07) is 8.07. The fourth-order valence-electron chi connectivity index (χ4n) is 4.03. The smallest absolute Gasteiger partial charge is 0.253 e. The Labute approximate surface area is 214 Å². The van der Waals surface area contributed by atoms with Crippen molar-refractivity contribution in [3.05, 3.63) is 65.0 Å². The average molecular weight is 504 g/mol. The van der Waals surface area contributed by atoms with Crippen molar-refractivity contribution < 1.29 is 21.2 Å². The summed E-state index contributed by atoms with van der Waals surface area (Å²) < 4.78 is 0. The second-order valence-electron chi connectivity index (χ2n) is 8.86. The van der Waals surface area contributed by atoms with Gasteiger partial charge in [-0.05, 0) is 86.1 Å². The molecule has 0 radical (unpaired) electrons. The predicted molar refractivity (Wildman–Crippen MR) is 144 cm³/mol. The Bertz CT molecular complexity index is 942. The Morgan fingerprint density at radius 1 is 1.09 bits per heavy atom. The standard InChI is InChI=1S/C27H39N3O4S.H2/c1-5-12-30(13-6-2)27(34)22-16-19(3)15-21(18-22)26(33)29-23(17-20-7-10-28-11-8-20)25(32)24(31)9-14-35-4;/h7-8,10-11,15-16,18,23-25,31-32H,5-6,9,12-14,17H2,1-4H3,(H,29,33);1H. The number of rotatable bonds is 14. The summed E-state index contributed by atoms with van der Waals surface area (Å²) in [6.45, 7) is 7.25. The van der Waals surface area contributed by atoms with Crippen LogP contribution in [-0.4, -0.2) is 75.3 Å². The molecule has 0 spiro atoms. The van der Waals surface area contributed by atoms with Gasteiger partial charge in [-0.1, -0.05) is 13.8 Å². The van der Waals surface area contributed by atoms with Gasteiger partial charge in [-0.3, -0.25) is 14.6 Å². The number of aromatic nitrogens is 1. The number of thioether (sulfide) groups is 1. The summed E-state index contributed by atoms with van der Waals surface area (Å²) in [4.78, 5) is 32.2. The summed E-state index contributed by atoms with van der Waals surface area (Å²) in [7, 11) is 0. The van der Waals surface area contributed by atoms with Crippen LogP contribution in [0, 0.1) is 6.92 Å². The molecule has 7 nitrogen and oxygen atoms in total. The molecule has 2 amide bonds. The Hall–Kier alpha value is -2.42. The van der Waals surface area contributed by atoms with E-state index >= 15 is 0 Å². The van der Waals surface area contributed by atoms with Crippen LogP contribution in [0.15, 0.2) is 42.7 Å². The maximum atomic E-state index is 13.3. The first kappa shape index (κ1) is 28.8. The lowest BCUT2D eigenvalue weighted by atomic mass is 9.96. The van der Waals surface area contributed by atoms with E-state index in [1.807, 2.05) is 44.1 Å². The SMILES string of the molecule is CCCN(CCC)C(=O)c1cc(C)cc(C(=O)NC(Cc2ccncc2)C(O)C(O)CCSC)c1.[HH]. The second-order valence-corrected chi connectivity index (χ2v) is 9.84. The van der Waals surface area contributed by atoms with Crippen molar-refractivity contribution in [1.29, 1.82) is 0 Å². The molecule has 0 saturated heterocycles. The molecule has 2 aromatic rings. The van der Waals surface area contributed by atoms with Crippen molar-refractivity contribution in [2.75, 3.05) is 25.1 Å². The van der Waals surface area contributed by atoms with Gasteiger partial charge in [0, 0.05) is 38.0 Å². The minimum absolute atomic E-state index is 0. The summed E-state index contributed by atoms with van der Waals surface area (Å²) in [5.74, 6) is 0.214. The highest BCUT2D eigenvalue weighted by Crippen LogP contribution is 2.16. The van der Waals surface area contributed by atoms with E-state index in [4.69, 9.17) is 0 Å². The predicted octanol–water partition coefficient (Wildman–Crippen LogP) is 3.71. The van der Waals surface area contributed by atoms with E-state index < -0.39 is 24.2 Å². The lowest BCUT2D eigenvalue weighted by Gasteiger charge is -2.28. The molecule has 3 unspecified atom stereocenters. The molecule has 1 heterocycles. The van der Waals surface area contributed by atoms with Gasteiger partial charge in [0.05, 0.1) is 12.1 Å². The van der Waals surface area contributed by atoms with Crippen LogP contribution >= 0.6 is 11.8 Å². The Morgan fingerprint density at radius 2 is 1.71 bits per heavy atom. The van der Waals surface area contributed by atoms with Crippen LogP contribution in [0.25, 0.3) is 0 Å². The van der Waals surface area contributed by atoms with Gasteiger partial charge < -0.3 is 20.4 Å². The molecule has 0 fully saturated rings. The number of benzene rings is 1. The number of hydrogen-bond donors (Lipinski definition) is 3. The van der Waals surface area contributed by atoms with Crippen molar-refractivity contribution >= 4 is 23.6 Å². The Morgan fingerprint density at radius 3 is 2.31 bits per heavy atom. The normalized spacial score (nSPS) is 13.7. The molecule has 0 aliphatic carbocycles. The van der Waals surface area contributed by atoms with Crippen LogP contribution in [0.2, 0.25) is 0 Å². The summed E-state index contributed by atoms with van der Waals surface area (Å²) >= 11 is 1.59. The van der Waals surface area contributed by atoms with Gasteiger partial charge in [-0.2, -0.15) is 11.8 Å². The molecule has 0 aliphatic rings. The number of aliphatic hydroxyl groups is 2. The van der Waals surface area contributed by atoms with Gasteiger partial charge in [0.1, 0.15) is 6.10 Å². The zero-order chi connectivity index (χ0) is 25.8. The molecule has 0 bridgehead atoms.